The van der Waals surface area contributed by atoms with Gasteiger partial charge in [-0.15, -0.1) is 0 Å². The molecule has 6 nitrogen and oxygen atoms in total. The molecule has 2 rings (SSSR count). The third kappa shape index (κ3) is 4.01. The van der Waals surface area contributed by atoms with Crippen molar-refractivity contribution in [3.05, 3.63) is 54.1 Å². The normalized spacial score (nSPS) is 10.9. The predicted molar refractivity (Wildman–Crippen MR) is 88.3 cm³/mol. The largest absolute Gasteiger partial charge is 0.495 e. The van der Waals surface area contributed by atoms with Crippen LogP contribution < -0.4 is 14.8 Å². The van der Waals surface area contributed by atoms with E-state index in [0.717, 1.165) is 0 Å². The summed E-state index contributed by atoms with van der Waals surface area (Å²) in [7, 11) is -2.37. The monoisotopic (exact) mass is 334 g/mol. The number of hydrogen-bond donors (Lipinski definition) is 2. The molecule has 0 atom stereocenters. The minimum atomic E-state index is -3.83. The molecule has 0 aliphatic carbocycles. The van der Waals surface area contributed by atoms with Gasteiger partial charge in [0.2, 0.25) is 0 Å². The minimum absolute atomic E-state index is 0.00663. The lowest BCUT2D eigenvalue weighted by Gasteiger charge is -2.12. The lowest BCUT2D eigenvalue weighted by Crippen LogP contribution is -2.23. The summed E-state index contributed by atoms with van der Waals surface area (Å²) in [5.41, 5.74) is 0.619. The molecule has 0 saturated heterocycles. The molecule has 1 amide bonds. The first-order valence-corrected chi connectivity index (χ1v) is 8.50. The Morgan fingerprint density at radius 3 is 2.57 bits per heavy atom. The number of ether oxygens (including phenoxy) is 1. The summed E-state index contributed by atoms with van der Waals surface area (Å²) in [6.45, 7) is 2.26. The van der Waals surface area contributed by atoms with Crippen molar-refractivity contribution < 1.29 is 17.9 Å². The topological polar surface area (TPSA) is 84.5 Å². The predicted octanol–water partition coefficient (Wildman–Crippen LogP) is 2.25. The number of methoxy groups -OCH3 is 1. The summed E-state index contributed by atoms with van der Waals surface area (Å²) in [4.78, 5) is 11.8. The Morgan fingerprint density at radius 2 is 1.87 bits per heavy atom. The SMILES string of the molecule is CCNC(=O)c1cccc(S(=O)(=O)Nc2ccccc2OC)c1. The number of sulfonamides is 1. The van der Waals surface area contributed by atoms with Crippen molar-refractivity contribution in [1.29, 1.82) is 0 Å². The van der Waals surface area contributed by atoms with Gasteiger partial charge in [-0.25, -0.2) is 8.42 Å². The molecule has 0 radical (unpaired) electrons. The van der Waals surface area contributed by atoms with E-state index in [9.17, 15) is 13.2 Å². The van der Waals surface area contributed by atoms with E-state index in [2.05, 4.69) is 10.0 Å². The molecule has 0 fully saturated rings. The molecule has 0 heterocycles. The minimum Gasteiger partial charge on any atom is -0.495 e. The Balaban J connectivity index is 2.33. The van der Waals surface area contributed by atoms with Crippen molar-refractivity contribution >= 4 is 21.6 Å². The second-order valence-corrected chi connectivity index (χ2v) is 6.38. The van der Waals surface area contributed by atoms with Crippen LogP contribution in [0.5, 0.6) is 5.75 Å². The summed E-state index contributed by atoms with van der Waals surface area (Å²) in [6.07, 6.45) is 0. The van der Waals surface area contributed by atoms with Crippen LogP contribution in [0.15, 0.2) is 53.4 Å². The lowest BCUT2D eigenvalue weighted by atomic mass is 10.2. The maximum absolute atomic E-state index is 12.5. The van der Waals surface area contributed by atoms with Crippen LogP contribution in [-0.2, 0) is 10.0 Å². The van der Waals surface area contributed by atoms with Crippen molar-refractivity contribution in [2.24, 2.45) is 0 Å². The van der Waals surface area contributed by atoms with Crippen LogP contribution in [0.3, 0.4) is 0 Å². The Bertz CT molecular complexity index is 803. The van der Waals surface area contributed by atoms with Gasteiger partial charge in [-0.3, -0.25) is 9.52 Å². The summed E-state index contributed by atoms with van der Waals surface area (Å²) in [5, 5.41) is 2.63. The maximum atomic E-state index is 12.5. The number of benzene rings is 2. The summed E-state index contributed by atoms with van der Waals surface area (Å²) < 4.78 is 32.6. The van der Waals surface area contributed by atoms with Gasteiger partial charge in [-0.05, 0) is 37.3 Å². The van der Waals surface area contributed by atoms with Crippen molar-refractivity contribution in [3.63, 3.8) is 0 Å². The molecule has 23 heavy (non-hydrogen) atoms. The van der Waals surface area contributed by atoms with E-state index in [1.807, 2.05) is 0 Å². The maximum Gasteiger partial charge on any atom is 0.262 e. The number of anilines is 1. The van der Waals surface area contributed by atoms with E-state index >= 15 is 0 Å². The van der Waals surface area contributed by atoms with Gasteiger partial charge in [0.05, 0.1) is 17.7 Å². The molecular weight excluding hydrogens is 316 g/mol. The van der Waals surface area contributed by atoms with Crippen molar-refractivity contribution in [1.82, 2.24) is 5.32 Å². The van der Waals surface area contributed by atoms with Crippen molar-refractivity contribution in [3.8, 4) is 5.75 Å². The average molecular weight is 334 g/mol. The zero-order valence-corrected chi connectivity index (χ0v) is 13.7. The molecule has 2 aromatic carbocycles. The van der Waals surface area contributed by atoms with Gasteiger partial charge in [0.15, 0.2) is 0 Å². The summed E-state index contributed by atoms with van der Waals surface area (Å²) in [5.74, 6) is 0.0952. The molecule has 2 aromatic rings. The van der Waals surface area contributed by atoms with Crippen LogP contribution >= 0.6 is 0 Å². The first-order valence-electron chi connectivity index (χ1n) is 7.02. The van der Waals surface area contributed by atoms with Gasteiger partial charge in [0.25, 0.3) is 15.9 Å². The molecule has 7 heteroatoms. The van der Waals surface area contributed by atoms with Gasteiger partial charge >= 0.3 is 0 Å². The number of carbonyl (C=O) groups excluding carboxylic acids is 1. The van der Waals surface area contributed by atoms with Crippen molar-refractivity contribution in [2.75, 3.05) is 18.4 Å². The van der Waals surface area contributed by atoms with E-state index < -0.39 is 10.0 Å². The quantitative estimate of drug-likeness (QED) is 0.848. The smallest absolute Gasteiger partial charge is 0.262 e. The highest BCUT2D eigenvalue weighted by Gasteiger charge is 2.18. The Hall–Kier alpha value is -2.54. The highest BCUT2D eigenvalue weighted by atomic mass is 32.2. The lowest BCUT2D eigenvalue weighted by molar-refractivity contribution is 0.0955. The fraction of sp³-hybridized carbons (Fsp3) is 0.188. The van der Waals surface area contributed by atoms with E-state index in [1.165, 1.54) is 25.3 Å². The summed E-state index contributed by atoms with van der Waals surface area (Å²) in [6, 6.07) is 12.6. The Morgan fingerprint density at radius 1 is 1.13 bits per heavy atom. The number of hydrogen-bond acceptors (Lipinski definition) is 4. The van der Waals surface area contributed by atoms with E-state index in [4.69, 9.17) is 4.74 Å². The highest BCUT2D eigenvalue weighted by molar-refractivity contribution is 7.92. The molecule has 0 saturated carbocycles. The fourth-order valence-electron chi connectivity index (χ4n) is 2.00. The second kappa shape index (κ2) is 7.15. The highest BCUT2D eigenvalue weighted by Crippen LogP contribution is 2.26. The first-order chi connectivity index (χ1) is 11.0. The van der Waals surface area contributed by atoms with Gasteiger partial charge in [-0.1, -0.05) is 18.2 Å². The third-order valence-electron chi connectivity index (χ3n) is 3.10. The van der Waals surface area contributed by atoms with Crippen LogP contribution in [0.2, 0.25) is 0 Å². The van der Waals surface area contributed by atoms with Crippen LogP contribution in [0.1, 0.15) is 17.3 Å². The number of rotatable bonds is 6. The second-order valence-electron chi connectivity index (χ2n) is 4.69. The number of nitrogens with one attached hydrogen (secondary N) is 2. The van der Waals surface area contributed by atoms with Gasteiger partial charge in [-0.2, -0.15) is 0 Å². The van der Waals surface area contributed by atoms with Gasteiger partial charge in [0, 0.05) is 12.1 Å². The molecular formula is C16H18N2O4S. The molecule has 0 aliphatic rings. The zero-order chi connectivity index (χ0) is 16.9. The van der Waals surface area contributed by atoms with E-state index in [1.54, 1.807) is 37.3 Å². The van der Waals surface area contributed by atoms with Crippen LogP contribution in [0, 0.1) is 0 Å². The fourth-order valence-corrected chi connectivity index (χ4v) is 3.12. The molecule has 0 unspecified atom stereocenters. The number of amides is 1. The average Bonchev–Trinajstić information content (AvgIpc) is 2.55. The number of carbonyl (C=O) groups is 1. The molecule has 0 spiro atoms. The molecule has 0 aliphatic heterocycles. The first kappa shape index (κ1) is 16.8. The van der Waals surface area contributed by atoms with Crippen LogP contribution in [0.25, 0.3) is 0 Å². The summed E-state index contributed by atoms with van der Waals surface area (Å²) >= 11 is 0. The van der Waals surface area contributed by atoms with Gasteiger partial charge < -0.3 is 10.1 Å². The Labute approximate surface area is 135 Å². The van der Waals surface area contributed by atoms with Crippen molar-refractivity contribution in [2.45, 2.75) is 11.8 Å². The van der Waals surface area contributed by atoms with E-state index in [0.29, 0.717) is 18.0 Å². The Kier molecular flexibility index (Phi) is 5.23. The molecule has 122 valence electrons. The number of para-hydroxylation sites is 2. The third-order valence-corrected chi connectivity index (χ3v) is 4.46. The molecule has 0 aromatic heterocycles. The standard InChI is InChI=1S/C16H18N2O4S/c1-3-17-16(19)12-7-6-8-13(11-12)23(20,21)18-14-9-4-5-10-15(14)22-2/h4-11,18H,3H2,1-2H3,(H,17,19). The van der Waals surface area contributed by atoms with Crippen LogP contribution in [0.4, 0.5) is 5.69 Å². The van der Waals surface area contributed by atoms with Crippen LogP contribution in [-0.4, -0.2) is 28.0 Å². The molecule has 0 bridgehead atoms. The zero-order valence-electron chi connectivity index (χ0n) is 12.9. The van der Waals surface area contributed by atoms with Gasteiger partial charge in [0.1, 0.15) is 5.75 Å². The molecule has 2 N–H and O–H groups in total. The van der Waals surface area contributed by atoms with E-state index in [-0.39, 0.29) is 16.4 Å².